The van der Waals surface area contributed by atoms with Crippen molar-refractivity contribution in [2.75, 3.05) is 0 Å². The topological polar surface area (TPSA) is 66.4 Å². The van der Waals surface area contributed by atoms with Crippen LogP contribution in [0.25, 0.3) is 0 Å². The van der Waals surface area contributed by atoms with E-state index in [1.54, 1.807) is 0 Å². The van der Waals surface area contributed by atoms with Crippen molar-refractivity contribution >= 4 is 11.9 Å². The maximum absolute atomic E-state index is 12.2. The summed E-state index contributed by atoms with van der Waals surface area (Å²) in [7, 11) is 0. The highest BCUT2D eigenvalue weighted by Gasteiger charge is 2.19. The van der Waals surface area contributed by atoms with Crippen LogP contribution in [0.3, 0.4) is 0 Å². The van der Waals surface area contributed by atoms with E-state index in [1.165, 1.54) is 13.8 Å². The molecule has 1 unspecified atom stereocenters. The van der Waals surface area contributed by atoms with Gasteiger partial charge in [0.2, 0.25) is 5.91 Å². The summed E-state index contributed by atoms with van der Waals surface area (Å²) in [5.74, 6) is -0.979. The molecule has 0 heterocycles. The molecule has 2 N–H and O–H groups in total. The second-order valence-electron chi connectivity index (χ2n) is 5.62. The van der Waals surface area contributed by atoms with E-state index in [-0.39, 0.29) is 23.1 Å². The van der Waals surface area contributed by atoms with Crippen LogP contribution >= 0.6 is 0 Å². The monoisotopic (exact) mass is 289 g/mol. The minimum Gasteiger partial charge on any atom is -0.478 e. The molecule has 4 nitrogen and oxygen atoms in total. The van der Waals surface area contributed by atoms with Gasteiger partial charge in [-0.25, -0.2) is 4.79 Å². The summed E-state index contributed by atoms with van der Waals surface area (Å²) in [6, 6.07) is 9.61. The molecule has 0 saturated heterocycles. The van der Waals surface area contributed by atoms with Gasteiger partial charge >= 0.3 is 5.97 Å². The standard InChI is InChI=1S/C17H23NO3/c1-11(2)10-15(14-8-6-5-7-9-14)18-16(19)12(3)13(4)17(20)21/h5-9,11,15H,10H2,1-4H3,(H,18,19)(H,20,21). The van der Waals surface area contributed by atoms with Crippen LogP contribution in [0.5, 0.6) is 0 Å². The van der Waals surface area contributed by atoms with E-state index < -0.39 is 5.97 Å². The summed E-state index contributed by atoms with van der Waals surface area (Å²) in [4.78, 5) is 23.2. The van der Waals surface area contributed by atoms with Gasteiger partial charge in [-0.3, -0.25) is 4.79 Å². The van der Waals surface area contributed by atoms with Crippen LogP contribution in [-0.2, 0) is 9.59 Å². The van der Waals surface area contributed by atoms with Crippen LogP contribution in [0.2, 0.25) is 0 Å². The lowest BCUT2D eigenvalue weighted by Crippen LogP contribution is -2.31. The molecule has 0 saturated carbocycles. The van der Waals surface area contributed by atoms with Crippen molar-refractivity contribution in [3.8, 4) is 0 Å². The Bertz CT molecular complexity index is 532. The number of carboxylic acid groups (broad SMARTS) is 1. The van der Waals surface area contributed by atoms with E-state index in [0.29, 0.717) is 5.92 Å². The molecule has 0 aromatic heterocycles. The summed E-state index contributed by atoms with van der Waals surface area (Å²) >= 11 is 0. The van der Waals surface area contributed by atoms with Gasteiger partial charge in [-0.05, 0) is 31.7 Å². The van der Waals surface area contributed by atoms with Crippen molar-refractivity contribution < 1.29 is 14.7 Å². The van der Waals surface area contributed by atoms with E-state index in [9.17, 15) is 9.59 Å². The quantitative estimate of drug-likeness (QED) is 0.790. The van der Waals surface area contributed by atoms with Gasteiger partial charge in [-0.15, -0.1) is 0 Å². The van der Waals surface area contributed by atoms with Gasteiger partial charge in [0.15, 0.2) is 0 Å². The fraction of sp³-hybridized carbons (Fsp3) is 0.412. The maximum Gasteiger partial charge on any atom is 0.331 e. The lowest BCUT2D eigenvalue weighted by atomic mass is 9.96. The van der Waals surface area contributed by atoms with Crippen LogP contribution in [0.15, 0.2) is 41.5 Å². The highest BCUT2D eigenvalue weighted by atomic mass is 16.4. The largest absolute Gasteiger partial charge is 0.478 e. The minimum absolute atomic E-state index is 0.0730. The van der Waals surface area contributed by atoms with Gasteiger partial charge in [-0.1, -0.05) is 44.2 Å². The molecule has 0 aliphatic heterocycles. The average Bonchev–Trinajstić information content (AvgIpc) is 2.45. The number of benzene rings is 1. The summed E-state index contributed by atoms with van der Waals surface area (Å²) in [5, 5.41) is 11.9. The predicted molar refractivity (Wildman–Crippen MR) is 82.8 cm³/mol. The van der Waals surface area contributed by atoms with Crippen molar-refractivity contribution in [2.45, 2.75) is 40.2 Å². The van der Waals surface area contributed by atoms with E-state index in [0.717, 1.165) is 12.0 Å². The molecular weight excluding hydrogens is 266 g/mol. The van der Waals surface area contributed by atoms with Crippen LogP contribution in [-0.4, -0.2) is 17.0 Å². The second-order valence-corrected chi connectivity index (χ2v) is 5.62. The molecule has 1 atom stereocenters. The number of rotatable bonds is 6. The first-order chi connectivity index (χ1) is 9.82. The van der Waals surface area contributed by atoms with Gasteiger partial charge in [0.1, 0.15) is 0 Å². The molecule has 0 fully saturated rings. The highest BCUT2D eigenvalue weighted by Crippen LogP contribution is 2.21. The number of carbonyl (C=O) groups is 2. The fourth-order valence-corrected chi connectivity index (χ4v) is 2.03. The van der Waals surface area contributed by atoms with Crippen molar-refractivity contribution in [1.82, 2.24) is 5.32 Å². The summed E-state index contributed by atoms with van der Waals surface area (Å²) < 4.78 is 0. The smallest absolute Gasteiger partial charge is 0.331 e. The Morgan fingerprint density at radius 3 is 2.14 bits per heavy atom. The molecular formula is C17H23NO3. The van der Waals surface area contributed by atoms with Crippen molar-refractivity contribution in [3.05, 3.63) is 47.0 Å². The summed E-state index contributed by atoms with van der Waals surface area (Å²) in [5.41, 5.74) is 1.34. The second kappa shape index (κ2) is 7.62. The fourth-order valence-electron chi connectivity index (χ4n) is 2.03. The highest BCUT2D eigenvalue weighted by molar-refractivity contribution is 6.01. The summed E-state index contributed by atoms with van der Waals surface area (Å²) in [6.45, 7) is 7.16. The van der Waals surface area contributed by atoms with Crippen LogP contribution in [0, 0.1) is 5.92 Å². The third kappa shape index (κ3) is 5.06. The molecule has 1 rings (SSSR count). The van der Waals surface area contributed by atoms with Gasteiger partial charge < -0.3 is 10.4 Å². The molecule has 114 valence electrons. The number of hydrogen-bond donors (Lipinski definition) is 2. The van der Waals surface area contributed by atoms with Crippen LogP contribution in [0.1, 0.15) is 45.7 Å². The maximum atomic E-state index is 12.2. The molecule has 0 spiro atoms. The Hall–Kier alpha value is -2.10. The number of amides is 1. The zero-order chi connectivity index (χ0) is 16.0. The van der Waals surface area contributed by atoms with E-state index in [1.807, 2.05) is 30.3 Å². The third-order valence-electron chi connectivity index (χ3n) is 3.44. The number of carbonyl (C=O) groups excluding carboxylic acids is 1. The number of nitrogens with one attached hydrogen (secondary N) is 1. The third-order valence-corrected chi connectivity index (χ3v) is 3.44. The van der Waals surface area contributed by atoms with Gasteiger partial charge in [-0.2, -0.15) is 0 Å². The first-order valence-electron chi connectivity index (χ1n) is 7.09. The zero-order valence-corrected chi connectivity index (χ0v) is 13.0. The van der Waals surface area contributed by atoms with E-state index in [2.05, 4.69) is 19.2 Å². The Kier molecular flexibility index (Phi) is 6.15. The average molecular weight is 289 g/mol. The number of hydrogen-bond acceptors (Lipinski definition) is 2. The lowest BCUT2D eigenvalue weighted by molar-refractivity contribution is -0.133. The van der Waals surface area contributed by atoms with Crippen LogP contribution < -0.4 is 5.32 Å². The predicted octanol–water partition coefficient (Wildman–Crippen LogP) is 3.31. The van der Waals surface area contributed by atoms with Gasteiger partial charge in [0.25, 0.3) is 0 Å². The molecule has 4 heteroatoms. The molecule has 0 bridgehead atoms. The first-order valence-corrected chi connectivity index (χ1v) is 7.09. The Labute approximate surface area is 125 Å². The van der Waals surface area contributed by atoms with Gasteiger partial charge in [0, 0.05) is 11.1 Å². The summed E-state index contributed by atoms with van der Waals surface area (Å²) in [6.07, 6.45) is 0.801. The minimum atomic E-state index is -1.07. The lowest BCUT2D eigenvalue weighted by Gasteiger charge is -2.21. The normalized spacial score (nSPS) is 13.6. The Morgan fingerprint density at radius 1 is 1.10 bits per heavy atom. The first kappa shape index (κ1) is 17.0. The van der Waals surface area contributed by atoms with E-state index in [4.69, 9.17) is 5.11 Å². The molecule has 1 amide bonds. The van der Waals surface area contributed by atoms with Crippen LogP contribution in [0.4, 0.5) is 0 Å². The number of aliphatic carboxylic acids is 1. The van der Waals surface area contributed by atoms with Crippen molar-refractivity contribution in [1.29, 1.82) is 0 Å². The molecule has 0 aliphatic carbocycles. The van der Waals surface area contributed by atoms with Crippen molar-refractivity contribution in [3.63, 3.8) is 0 Å². The molecule has 0 radical (unpaired) electrons. The van der Waals surface area contributed by atoms with Gasteiger partial charge in [0.05, 0.1) is 6.04 Å². The zero-order valence-electron chi connectivity index (χ0n) is 13.0. The molecule has 1 aromatic rings. The molecule has 1 aromatic carbocycles. The Morgan fingerprint density at radius 2 is 1.67 bits per heavy atom. The molecule has 21 heavy (non-hydrogen) atoms. The SMILES string of the molecule is CC(C(=O)O)=C(C)C(=O)NC(CC(C)C)c1ccccc1. The molecule has 0 aliphatic rings. The van der Waals surface area contributed by atoms with E-state index >= 15 is 0 Å². The Balaban J connectivity index is 2.95. The number of carboxylic acids is 1. The van der Waals surface area contributed by atoms with Crippen molar-refractivity contribution in [2.24, 2.45) is 5.92 Å².